The van der Waals surface area contributed by atoms with Gasteiger partial charge in [0.15, 0.2) is 0 Å². The molecule has 2 bridgehead atoms. The van der Waals surface area contributed by atoms with Crippen molar-refractivity contribution in [2.75, 3.05) is 0 Å². The van der Waals surface area contributed by atoms with E-state index in [0.717, 1.165) is 12.2 Å². The number of hydrogen-bond acceptors (Lipinski definition) is 3. The molecule has 0 saturated heterocycles. The zero-order valence-electron chi connectivity index (χ0n) is 13.7. The van der Waals surface area contributed by atoms with Crippen molar-refractivity contribution in [2.24, 2.45) is 22.7 Å². The fourth-order valence-corrected chi connectivity index (χ4v) is 4.77. The van der Waals surface area contributed by atoms with Gasteiger partial charge < -0.3 is 4.43 Å². The smallest absolute Gasteiger partial charge is 0.241 e. The van der Waals surface area contributed by atoms with Crippen molar-refractivity contribution in [3.05, 3.63) is 11.8 Å². The molecule has 3 atom stereocenters. The van der Waals surface area contributed by atoms with Crippen LogP contribution in [-0.2, 0) is 14.0 Å². The van der Waals surface area contributed by atoms with E-state index in [4.69, 9.17) is 4.43 Å². The molecule has 1 fully saturated rings. The maximum Gasteiger partial charge on any atom is 0.241 e. The minimum absolute atomic E-state index is 0.0393. The molecule has 0 heterocycles. The number of rotatable bonds is 3. The molecule has 3 rings (SSSR count). The lowest BCUT2D eigenvalue weighted by Gasteiger charge is -2.54. The Morgan fingerprint density at radius 1 is 1.30 bits per heavy atom. The van der Waals surface area contributed by atoms with Gasteiger partial charge in [0, 0.05) is 17.3 Å². The average molecular weight is 294 g/mol. The van der Waals surface area contributed by atoms with E-state index in [1.165, 1.54) is 0 Å². The maximum absolute atomic E-state index is 12.8. The second kappa shape index (κ2) is 4.29. The predicted molar refractivity (Wildman–Crippen MR) is 81.7 cm³/mol. The summed E-state index contributed by atoms with van der Waals surface area (Å²) >= 11 is 0. The average Bonchev–Trinajstić information content (AvgIpc) is 2.22. The predicted octanol–water partition coefficient (Wildman–Crippen LogP) is 3.56. The first-order valence-electron chi connectivity index (χ1n) is 7.37. The summed E-state index contributed by atoms with van der Waals surface area (Å²) in [6.07, 6.45) is 2.69. The van der Waals surface area contributed by atoms with E-state index in [9.17, 15) is 9.59 Å². The minimum Gasteiger partial charge on any atom is -0.547 e. The van der Waals surface area contributed by atoms with E-state index < -0.39 is 19.1 Å². The Balaban J connectivity index is 2.52. The zero-order valence-corrected chi connectivity index (χ0v) is 14.7. The molecule has 0 aromatic carbocycles. The van der Waals surface area contributed by atoms with Gasteiger partial charge in [-0.05, 0) is 46.0 Å². The molecule has 1 saturated carbocycles. The maximum atomic E-state index is 12.8. The van der Waals surface area contributed by atoms with E-state index in [1.54, 1.807) is 6.92 Å². The van der Waals surface area contributed by atoms with Gasteiger partial charge in [-0.3, -0.25) is 9.59 Å². The third-order valence-electron chi connectivity index (χ3n) is 4.84. The molecule has 0 aromatic heterocycles. The molecule has 0 aliphatic heterocycles. The fourth-order valence-electron chi connectivity index (χ4n) is 3.86. The molecule has 3 aliphatic rings. The topological polar surface area (TPSA) is 43.4 Å². The van der Waals surface area contributed by atoms with Crippen molar-refractivity contribution in [3.8, 4) is 0 Å². The van der Waals surface area contributed by atoms with Gasteiger partial charge in [-0.2, -0.15) is 0 Å². The number of carbonyl (C=O) groups excluding carboxylic acids is 2. The van der Waals surface area contributed by atoms with Gasteiger partial charge in [-0.1, -0.05) is 13.8 Å². The number of ketones is 2. The van der Waals surface area contributed by atoms with Crippen LogP contribution in [0, 0.1) is 22.7 Å². The molecular formula is C16H26O3Si. The van der Waals surface area contributed by atoms with Crippen LogP contribution < -0.4 is 0 Å². The van der Waals surface area contributed by atoms with Crippen LogP contribution in [0.15, 0.2) is 11.8 Å². The molecule has 20 heavy (non-hydrogen) atoms. The van der Waals surface area contributed by atoms with Gasteiger partial charge in [-0.15, -0.1) is 0 Å². The normalized spacial score (nSPS) is 35.8. The van der Waals surface area contributed by atoms with Crippen LogP contribution in [0.2, 0.25) is 19.6 Å². The largest absolute Gasteiger partial charge is 0.547 e. The molecule has 0 aromatic rings. The fraction of sp³-hybridized carbons (Fsp3) is 0.750. The SMILES string of the molecule is CC(=O)[C@H]1C[C@H]2C(O[Si](C)(C)C)=C[C@]1(C)C(=O)C2(C)C. The summed E-state index contributed by atoms with van der Waals surface area (Å²) < 4.78 is 6.23. The molecule has 3 aliphatic carbocycles. The Morgan fingerprint density at radius 3 is 2.30 bits per heavy atom. The lowest BCUT2D eigenvalue weighted by Crippen LogP contribution is -2.58. The third kappa shape index (κ3) is 2.18. The van der Waals surface area contributed by atoms with E-state index in [2.05, 4.69) is 19.6 Å². The number of allylic oxidation sites excluding steroid dienone is 2. The molecule has 3 nitrogen and oxygen atoms in total. The van der Waals surface area contributed by atoms with Crippen molar-refractivity contribution >= 4 is 19.9 Å². The van der Waals surface area contributed by atoms with Gasteiger partial charge in [0.05, 0.1) is 11.2 Å². The number of Topliss-reactive ketones (excluding diaryl/α,β-unsaturated/α-hetero) is 2. The van der Waals surface area contributed by atoms with Crippen molar-refractivity contribution < 1.29 is 14.0 Å². The van der Waals surface area contributed by atoms with Crippen LogP contribution in [0.4, 0.5) is 0 Å². The van der Waals surface area contributed by atoms with Crippen molar-refractivity contribution in [1.29, 1.82) is 0 Å². The number of hydrogen-bond donors (Lipinski definition) is 0. The van der Waals surface area contributed by atoms with Gasteiger partial charge in [0.2, 0.25) is 8.32 Å². The number of fused-ring (bicyclic) bond motifs is 2. The zero-order chi connectivity index (χ0) is 15.5. The Hall–Kier alpha value is -0.903. The second-order valence-corrected chi connectivity index (χ2v) is 12.5. The van der Waals surface area contributed by atoms with Gasteiger partial charge in [0.25, 0.3) is 0 Å². The summed E-state index contributed by atoms with van der Waals surface area (Å²) in [5.74, 6) is 1.10. The Kier molecular flexibility index (Phi) is 3.32. The molecule has 4 heteroatoms. The second-order valence-electron chi connectivity index (χ2n) is 8.05. The highest BCUT2D eigenvalue weighted by Gasteiger charge is 2.61. The summed E-state index contributed by atoms with van der Waals surface area (Å²) in [6.45, 7) is 13.9. The standard InChI is InChI=1S/C16H26O3Si/c1-10(17)11-8-12-13(19-20(5,6)7)9-16(11,4)14(18)15(12,2)3/h9,11-12H,8H2,1-7H3/t11-,12+,16+/m1/s1. The first-order chi connectivity index (χ1) is 8.89. The van der Waals surface area contributed by atoms with Crippen LogP contribution in [0.1, 0.15) is 34.1 Å². The van der Waals surface area contributed by atoms with Crippen molar-refractivity contribution in [1.82, 2.24) is 0 Å². The lowest BCUT2D eigenvalue weighted by atomic mass is 9.49. The molecule has 0 N–H and O–H groups in total. The first kappa shape index (κ1) is 15.5. The monoisotopic (exact) mass is 294 g/mol. The van der Waals surface area contributed by atoms with Gasteiger partial charge in [-0.25, -0.2) is 0 Å². The summed E-state index contributed by atoms with van der Waals surface area (Å²) in [7, 11) is -1.71. The summed E-state index contributed by atoms with van der Waals surface area (Å²) in [6, 6.07) is 0. The van der Waals surface area contributed by atoms with Crippen LogP contribution in [-0.4, -0.2) is 19.9 Å². The Morgan fingerprint density at radius 2 is 1.85 bits per heavy atom. The van der Waals surface area contributed by atoms with Gasteiger partial charge in [0.1, 0.15) is 11.6 Å². The highest BCUT2D eigenvalue weighted by atomic mass is 28.4. The van der Waals surface area contributed by atoms with Crippen LogP contribution >= 0.6 is 0 Å². The molecule has 0 unspecified atom stereocenters. The van der Waals surface area contributed by atoms with Crippen molar-refractivity contribution in [3.63, 3.8) is 0 Å². The molecule has 112 valence electrons. The molecular weight excluding hydrogens is 268 g/mol. The van der Waals surface area contributed by atoms with Crippen LogP contribution in [0.25, 0.3) is 0 Å². The Bertz CT molecular complexity index is 498. The lowest BCUT2D eigenvalue weighted by molar-refractivity contribution is -0.153. The third-order valence-corrected chi connectivity index (χ3v) is 5.69. The van der Waals surface area contributed by atoms with E-state index >= 15 is 0 Å². The summed E-state index contributed by atoms with van der Waals surface area (Å²) in [4.78, 5) is 24.7. The van der Waals surface area contributed by atoms with Crippen LogP contribution in [0.3, 0.4) is 0 Å². The van der Waals surface area contributed by atoms with E-state index in [-0.39, 0.29) is 23.4 Å². The molecule has 0 radical (unpaired) electrons. The molecule has 0 amide bonds. The van der Waals surface area contributed by atoms with Gasteiger partial charge >= 0.3 is 0 Å². The van der Waals surface area contributed by atoms with E-state index in [0.29, 0.717) is 0 Å². The number of carbonyl (C=O) groups is 2. The highest BCUT2D eigenvalue weighted by Crippen LogP contribution is 2.58. The first-order valence-corrected chi connectivity index (χ1v) is 10.8. The Labute approximate surface area is 122 Å². The minimum atomic E-state index is -1.71. The summed E-state index contributed by atoms with van der Waals surface area (Å²) in [5.41, 5.74) is -1.14. The quantitative estimate of drug-likeness (QED) is 0.747. The highest BCUT2D eigenvalue weighted by molar-refractivity contribution is 6.70. The summed E-state index contributed by atoms with van der Waals surface area (Å²) in [5, 5.41) is 0. The van der Waals surface area contributed by atoms with E-state index in [1.807, 2.05) is 26.8 Å². The molecule has 0 spiro atoms. The van der Waals surface area contributed by atoms with Crippen LogP contribution in [0.5, 0.6) is 0 Å². The van der Waals surface area contributed by atoms with Crippen molar-refractivity contribution in [2.45, 2.75) is 53.8 Å².